The lowest BCUT2D eigenvalue weighted by molar-refractivity contribution is 0.439. The van der Waals surface area contributed by atoms with Gasteiger partial charge in [-0.15, -0.1) is 0 Å². The fraction of sp³-hybridized carbons (Fsp3) is 0.375. The Hall–Kier alpha value is -2.10. The third kappa shape index (κ3) is 1.75. The second-order valence-corrected chi connectivity index (χ2v) is 5.90. The van der Waals surface area contributed by atoms with Crippen molar-refractivity contribution in [2.24, 2.45) is 11.8 Å². The van der Waals surface area contributed by atoms with Crippen molar-refractivity contribution in [3.8, 4) is 0 Å². The third-order valence-corrected chi connectivity index (χ3v) is 4.41. The number of nitrogen functional groups attached to an aromatic ring is 1. The molecule has 1 aliphatic carbocycles. The van der Waals surface area contributed by atoms with Gasteiger partial charge < -0.3 is 10.3 Å². The number of fused-ring (bicyclic) bond motifs is 3. The number of nitrogens with zero attached hydrogens (tertiary/aromatic N) is 3. The Morgan fingerprint density at radius 1 is 1.30 bits per heavy atom. The lowest BCUT2D eigenvalue weighted by Crippen LogP contribution is -2.12. The van der Waals surface area contributed by atoms with Crippen LogP contribution < -0.4 is 5.73 Å². The number of aromatic nitrogens is 3. The van der Waals surface area contributed by atoms with Crippen LogP contribution in [0.15, 0.2) is 30.5 Å². The van der Waals surface area contributed by atoms with Crippen molar-refractivity contribution in [1.29, 1.82) is 0 Å². The molecule has 20 heavy (non-hydrogen) atoms. The molecule has 0 bridgehead atoms. The standard InChI is InChI=1S/C16H18N4/c1-10(11-6-7-11)9-20-15-12-4-2-3-5-13(12)18-8-14(15)19-16(20)17/h2-5,8,10-11H,6-7,9H2,1H3,(H2,17,19). The molecule has 0 spiro atoms. The summed E-state index contributed by atoms with van der Waals surface area (Å²) in [6.45, 7) is 3.26. The summed E-state index contributed by atoms with van der Waals surface area (Å²) in [6.07, 6.45) is 4.54. The summed E-state index contributed by atoms with van der Waals surface area (Å²) in [6, 6.07) is 8.19. The molecule has 0 aliphatic heterocycles. The maximum atomic E-state index is 6.14. The normalized spacial score (nSPS) is 16.9. The summed E-state index contributed by atoms with van der Waals surface area (Å²) in [5.74, 6) is 2.12. The summed E-state index contributed by atoms with van der Waals surface area (Å²) in [4.78, 5) is 8.93. The molecule has 1 atom stereocenters. The van der Waals surface area contributed by atoms with Crippen LogP contribution in [-0.2, 0) is 6.54 Å². The third-order valence-electron chi connectivity index (χ3n) is 4.41. The molecule has 1 aromatic carbocycles. The average Bonchev–Trinajstić information content (AvgIpc) is 3.25. The Balaban J connectivity index is 1.93. The summed E-state index contributed by atoms with van der Waals surface area (Å²) < 4.78 is 2.17. The van der Waals surface area contributed by atoms with E-state index in [4.69, 9.17) is 5.73 Å². The highest BCUT2D eigenvalue weighted by Crippen LogP contribution is 2.38. The zero-order valence-electron chi connectivity index (χ0n) is 11.6. The second-order valence-electron chi connectivity index (χ2n) is 5.90. The van der Waals surface area contributed by atoms with Crippen molar-refractivity contribution in [3.63, 3.8) is 0 Å². The molecule has 0 amide bonds. The Morgan fingerprint density at radius 3 is 2.90 bits per heavy atom. The molecule has 2 aromatic heterocycles. The number of para-hydroxylation sites is 1. The predicted molar refractivity (Wildman–Crippen MR) is 81.3 cm³/mol. The number of hydrogen-bond acceptors (Lipinski definition) is 3. The smallest absolute Gasteiger partial charge is 0.201 e. The molecule has 2 N–H and O–H groups in total. The number of hydrogen-bond donors (Lipinski definition) is 1. The molecular formula is C16H18N4. The first-order valence-corrected chi connectivity index (χ1v) is 7.23. The van der Waals surface area contributed by atoms with Gasteiger partial charge in [-0.05, 0) is 30.7 Å². The Morgan fingerprint density at radius 2 is 2.10 bits per heavy atom. The second kappa shape index (κ2) is 4.20. The molecule has 1 aliphatic rings. The monoisotopic (exact) mass is 266 g/mol. The van der Waals surface area contributed by atoms with Gasteiger partial charge in [-0.2, -0.15) is 0 Å². The van der Waals surface area contributed by atoms with Gasteiger partial charge in [0.25, 0.3) is 0 Å². The van der Waals surface area contributed by atoms with E-state index in [1.54, 1.807) is 0 Å². The summed E-state index contributed by atoms with van der Waals surface area (Å²) >= 11 is 0. The first-order valence-electron chi connectivity index (χ1n) is 7.23. The van der Waals surface area contributed by atoms with Crippen molar-refractivity contribution in [2.75, 3.05) is 5.73 Å². The van der Waals surface area contributed by atoms with Crippen LogP contribution >= 0.6 is 0 Å². The lowest BCUT2D eigenvalue weighted by Gasteiger charge is -2.13. The molecule has 0 saturated heterocycles. The van der Waals surface area contributed by atoms with E-state index in [0.717, 1.165) is 34.4 Å². The van der Waals surface area contributed by atoms with Crippen LogP contribution in [0.5, 0.6) is 0 Å². The largest absolute Gasteiger partial charge is 0.369 e. The van der Waals surface area contributed by atoms with E-state index in [1.807, 2.05) is 24.4 Å². The molecule has 1 saturated carbocycles. The molecule has 1 fully saturated rings. The Bertz CT molecular complexity index is 786. The molecule has 4 rings (SSSR count). The van der Waals surface area contributed by atoms with Crippen LogP contribution in [0, 0.1) is 11.8 Å². The topological polar surface area (TPSA) is 56.7 Å². The van der Waals surface area contributed by atoms with Gasteiger partial charge in [-0.3, -0.25) is 4.98 Å². The zero-order chi connectivity index (χ0) is 13.7. The van der Waals surface area contributed by atoms with Gasteiger partial charge >= 0.3 is 0 Å². The van der Waals surface area contributed by atoms with Crippen molar-refractivity contribution in [1.82, 2.24) is 14.5 Å². The first kappa shape index (κ1) is 11.7. The van der Waals surface area contributed by atoms with Gasteiger partial charge in [0.05, 0.1) is 17.2 Å². The van der Waals surface area contributed by atoms with E-state index in [1.165, 1.54) is 12.8 Å². The molecule has 2 heterocycles. The maximum absolute atomic E-state index is 6.14. The highest BCUT2D eigenvalue weighted by molar-refractivity contribution is 6.02. The van der Waals surface area contributed by atoms with E-state index in [2.05, 4.69) is 27.5 Å². The van der Waals surface area contributed by atoms with E-state index in [-0.39, 0.29) is 0 Å². The highest BCUT2D eigenvalue weighted by Gasteiger charge is 2.29. The van der Waals surface area contributed by atoms with E-state index in [9.17, 15) is 0 Å². The van der Waals surface area contributed by atoms with Gasteiger partial charge in [-0.25, -0.2) is 4.98 Å². The van der Waals surface area contributed by atoms with Crippen LogP contribution in [0.25, 0.3) is 21.9 Å². The minimum Gasteiger partial charge on any atom is -0.369 e. The van der Waals surface area contributed by atoms with Crippen LogP contribution in [0.1, 0.15) is 19.8 Å². The van der Waals surface area contributed by atoms with Gasteiger partial charge in [0.1, 0.15) is 5.52 Å². The molecule has 4 nitrogen and oxygen atoms in total. The molecule has 4 heteroatoms. The van der Waals surface area contributed by atoms with Crippen molar-refractivity contribution in [3.05, 3.63) is 30.5 Å². The Labute approximate surface area is 117 Å². The number of benzene rings is 1. The van der Waals surface area contributed by atoms with E-state index < -0.39 is 0 Å². The molecule has 3 aromatic rings. The summed E-state index contributed by atoms with van der Waals surface area (Å²) in [5, 5.41) is 1.14. The highest BCUT2D eigenvalue weighted by atomic mass is 15.2. The predicted octanol–water partition coefficient (Wildman–Crippen LogP) is 3.21. The van der Waals surface area contributed by atoms with E-state index >= 15 is 0 Å². The van der Waals surface area contributed by atoms with Crippen LogP contribution in [0.2, 0.25) is 0 Å². The van der Waals surface area contributed by atoms with Crippen molar-refractivity contribution >= 4 is 27.9 Å². The van der Waals surface area contributed by atoms with Crippen LogP contribution in [-0.4, -0.2) is 14.5 Å². The lowest BCUT2D eigenvalue weighted by atomic mass is 10.1. The van der Waals surface area contributed by atoms with Gasteiger partial charge in [-0.1, -0.05) is 25.1 Å². The SMILES string of the molecule is CC(Cn1c(N)nc2cnc3ccccc3c21)C1CC1. The van der Waals surface area contributed by atoms with Crippen LogP contribution in [0.3, 0.4) is 0 Å². The van der Waals surface area contributed by atoms with Crippen LogP contribution in [0.4, 0.5) is 5.95 Å². The fourth-order valence-corrected chi connectivity index (χ4v) is 3.07. The number of pyridine rings is 1. The number of rotatable bonds is 3. The molecule has 0 radical (unpaired) electrons. The van der Waals surface area contributed by atoms with Crippen molar-refractivity contribution in [2.45, 2.75) is 26.3 Å². The summed E-state index contributed by atoms with van der Waals surface area (Å²) in [5.41, 5.74) is 9.16. The zero-order valence-corrected chi connectivity index (χ0v) is 11.6. The quantitative estimate of drug-likeness (QED) is 0.792. The Kier molecular flexibility index (Phi) is 2.46. The molecule has 1 unspecified atom stereocenters. The maximum Gasteiger partial charge on any atom is 0.201 e. The average molecular weight is 266 g/mol. The molecular weight excluding hydrogens is 248 g/mol. The molecule has 102 valence electrons. The summed E-state index contributed by atoms with van der Waals surface area (Å²) in [7, 11) is 0. The van der Waals surface area contributed by atoms with Crippen molar-refractivity contribution < 1.29 is 0 Å². The number of imidazole rings is 1. The number of anilines is 1. The minimum atomic E-state index is 0.602. The van der Waals surface area contributed by atoms with Gasteiger partial charge in [0.2, 0.25) is 5.95 Å². The van der Waals surface area contributed by atoms with Gasteiger partial charge in [0, 0.05) is 11.9 Å². The van der Waals surface area contributed by atoms with Gasteiger partial charge in [0.15, 0.2) is 0 Å². The fourth-order valence-electron chi connectivity index (χ4n) is 3.07. The first-order chi connectivity index (χ1) is 9.74. The minimum absolute atomic E-state index is 0.602. The van der Waals surface area contributed by atoms with E-state index in [0.29, 0.717) is 11.9 Å². The number of nitrogens with two attached hydrogens (primary N) is 1.